The van der Waals surface area contributed by atoms with Crippen LogP contribution < -0.4 is 5.32 Å². The zero-order valence-electron chi connectivity index (χ0n) is 13.4. The van der Waals surface area contributed by atoms with Gasteiger partial charge in [-0.1, -0.05) is 30.3 Å². The van der Waals surface area contributed by atoms with Crippen molar-refractivity contribution in [1.82, 2.24) is 10.2 Å². The minimum absolute atomic E-state index is 0. The highest BCUT2D eigenvalue weighted by atomic mass is 35.5. The molecule has 0 amide bonds. The van der Waals surface area contributed by atoms with E-state index in [0.29, 0.717) is 37.1 Å². The van der Waals surface area contributed by atoms with Crippen LogP contribution in [-0.2, 0) is 0 Å². The van der Waals surface area contributed by atoms with Gasteiger partial charge in [-0.25, -0.2) is 0 Å². The Hall–Kier alpha value is -1.21. The number of benzene rings is 2. The number of hydrogen-bond donors (Lipinski definition) is 2. The lowest BCUT2D eigenvalue weighted by molar-refractivity contribution is -0.148. The van der Waals surface area contributed by atoms with Gasteiger partial charge in [0.25, 0.3) is 0 Å². The van der Waals surface area contributed by atoms with Crippen LogP contribution in [0.3, 0.4) is 0 Å². The highest BCUT2D eigenvalue weighted by molar-refractivity contribution is 5.88. The van der Waals surface area contributed by atoms with Crippen molar-refractivity contribution in [2.75, 3.05) is 26.2 Å². The lowest BCUT2D eigenvalue weighted by Crippen LogP contribution is -2.46. The van der Waals surface area contributed by atoms with Gasteiger partial charge in [0, 0.05) is 37.8 Å². The van der Waals surface area contributed by atoms with Gasteiger partial charge < -0.3 is 10.4 Å². The van der Waals surface area contributed by atoms with Crippen LogP contribution in [0, 0.1) is 0 Å². The van der Waals surface area contributed by atoms with Crippen molar-refractivity contribution in [1.29, 1.82) is 0 Å². The average molecular weight is 397 g/mol. The van der Waals surface area contributed by atoms with Gasteiger partial charge in [-0.3, -0.25) is 4.90 Å². The summed E-state index contributed by atoms with van der Waals surface area (Å²) in [6.45, 7) is 2.37. The molecule has 3 rings (SSSR count). The Morgan fingerprint density at radius 1 is 1.04 bits per heavy atom. The highest BCUT2D eigenvalue weighted by Crippen LogP contribution is 2.41. The number of fused-ring (bicyclic) bond motifs is 1. The standard InChI is InChI=1S/C17H19F3N2O.2ClH/c18-17(19,20)11-14(22-9-7-21-8-10-22)16-13-4-2-1-3-12(13)5-6-15(16)23;;/h1-6,14,21,23H,7-11H2;2*1H/t14-;;/m0../s1. The molecule has 1 heterocycles. The molecule has 1 atom stereocenters. The molecule has 1 fully saturated rings. The van der Waals surface area contributed by atoms with Gasteiger partial charge in [0.15, 0.2) is 0 Å². The van der Waals surface area contributed by atoms with E-state index in [1.807, 2.05) is 17.0 Å². The Labute approximate surface area is 157 Å². The van der Waals surface area contributed by atoms with E-state index >= 15 is 0 Å². The van der Waals surface area contributed by atoms with Crippen molar-refractivity contribution < 1.29 is 18.3 Å². The Morgan fingerprint density at radius 3 is 2.32 bits per heavy atom. The quantitative estimate of drug-likeness (QED) is 0.812. The summed E-state index contributed by atoms with van der Waals surface area (Å²) in [4.78, 5) is 1.81. The van der Waals surface area contributed by atoms with Crippen LogP contribution in [0.2, 0.25) is 0 Å². The first-order chi connectivity index (χ1) is 11.0. The third-order valence-electron chi connectivity index (χ3n) is 4.30. The maximum atomic E-state index is 13.2. The number of phenolic OH excluding ortho intramolecular Hbond substituents is 1. The number of piperazine rings is 1. The fourth-order valence-electron chi connectivity index (χ4n) is 3.26. The number of phenols is 1. The summed E-state index contributed by atoms with van der Waals surface area (Å²) < 4.78 is 39.5. The van der Waals surface area contributed by atoms with E-state index in [0.717, 1.165) is 5.39 Å². The summed E-state index contributed by atoms with van der Waals surface area (Å²) >= 11 is 0. The number of hydrogen-bond acceptors (Lipinski definition) is 3. The predicted octanol–water partition coefficient (Wildman–Crippen LogP) is 4.29. The van der Waals surface area contributed by atoms with E-state index in [4.69, 9.17) is 0 Å². The summed E-state index contributed by atoms with van der Waals surface area (Å²) in [5, 5.41) is 15.0. The fraction of sp³-hybridized carbons (Fsp3) is 0.412. The molecule has 1 aliphatic rings. The molecule has 1 aliphatic heterocycles. The summed E-state index contributed by atoms with van der Waals surface area (Å²) in [7, 11) is 0. The summed E-state index contributed by atoms with van der Waals surface area (Å²) in [5.41, 5.74) is 0.377. The summed E-state index contributed by atoms with van der Waals surface area (Å²) in [6.07, 6.45) is -5.26. The van der Waals surface area contributed by atoms with Crippen LogP contribution >= 0.6 is 24.8 Å². The van der Waals surface area contributed by atoms with Crippen molar-refractivity contribution in [3.63, 3.8) is 0 Å². The summed E-state index contributed by atoms with van der Waals surface area (Å²) in [5.74, 6) is -0.0727. The molecule has 1 saturated heterocycles. The number of nitrogens with zero attached hydrogens (tertiary/aromatic N) is 1. The molecule has 2 aromatic carbocycles. The normalized spacial score (nSPS) is 16.8. The zero-order valence-corrected chi connectivity index (χ0v) is 15.1. The molecule has 0 bridgehead atoms. The Bertz CT molecular complexity index is 691. The number of rotatable bonds is 3. The Balaban J connectivity index is 0.00000156. The molecule has 8 heteroatoms. The largest absolute Gasteiger partial charge is 0.508 e. The molecular formula is C17H21Cl2F3N2O. The first-order valence-electron chi connectivity index (χ1n) is 7.68. The first-order valence-corrected chi connectivity index (χ1v) is 7.68. The van der Waals surface area contributed by atoms with Gasteiger partial charge in [-0.2, -0.15) is 13.2 Å². The lowest BCUT2D eigenvalue weighted by Gasteiger charge is -2.36. The van der Waals surface area contributed by atoms with E-state index < -0.39 is 18.6 Å². The van der Waals surface area contributed by atoms with E-state index in [1.54, 1.807) is 18.2 Å². The second-order valence-corrected chi connectivity index (χ2v) is 5.84. The minimum atomic E-state index is -4.29. The second-order valence-electron chi connectivity index (χ2n) is 5.84. The van der Waals surface area contributed by atoms with Gasteiger partial charge in [0.2, 0.25) is 0 Å². The molecule has 0 saturated carbocycles. The third-order valence-corrected chi connectivity index (χ3v) is 4.30. The number of halogens is 5. The van der Waals surface area contributed by atoms with Crippen LogP contribution in [0.5, 0.6) is 5.75 Å². The van der Waals surface area contributed by atoms with Crippen molar-refractivity contribution in [3.05, 3.63) is 42.0 Å². The number of nitrogens with one attached hydrogen (secondary N) is 1. The minimum Gasteiger partial charge on any atom is -0.508 e. The molecule has 3 nitrogen and oxygen atoms in total. The van der Waals surface area contributed by atoms with E-state index in [9.17, 15) is 18.3 Å². The predicted molar refractivity (Wildman–Crippen MR) is 98.0 cm³/mol. The molecule has 0 radical (unpaired) electrons. The molecule has 140 valence electrons. The SMILES string of the molecule is Cl.Cl.Oc1ccc2ccccc2c1[C@H](CC(F)(F)F)N1CCNCC1. The van der Waals surface area contributed by atoms with Crippen LogP contribution in [0.4, 0.5) is 13.2 Å². The van der Waals surface area contributed by atoms with E-state index in [1.165, 1.54) is 6.07 Å². The monoisotopic (exact) mass is 396 g/mol. The van der Waals surface area contributed by atoms with Crippen LogP contribution in [0.25, 0.3) is 10.8 Å². The van der Waals surface area contributed by atoms with E-state index in [2.05, 4.69) is 5.32 Å². The summed E-state index contributed by atoms with van der Waals surface area (Å²) in [6, 6.07) is 9.60. The third kappa shape index (κ3) is 5.14. The van der Waals surface area contributed by atoms with Crippen LogP contribution in [-0.4, -0.2) is 42.4 Å². The molecular weight excluding hydrogens is 376 g/mol. The van der Waals surface area contributed by atoms with Gasteiger partial charge in [0.05, 0.1) is 6.42 Å². The molecule has 0 spiro atoms. The highest BCUT2D eigenvalue weighted by Gasteiger charge is 2.37. The van der Waals surface area contributed by atoms with Crippen LogP contribution in [0.1, 0.15) is 18.0 Å². The lowest BCUT2D eigenvalue weighted by atomic mass is 9.94. The fourth-order valence-corrected chi connectivity index (χ4v) is 3.26. The van der Waals surface area contributed by atoms with Gasteiger partial charge in [-0.15, -0.1) is 24.8 Å². The Kier molecular flexibility index (Phi) is 7.81. The van der Waals surface area contributed by atoms with Gasteiger partial charge >= 0.3 is 6.18 Å². The maximum Gasteiger partial charge on any atom is 0.390 e. The zero-order chi connectivity index (χ0) is 16.4. The smallest absolute Gasteiger partial charge is 0.390 e. The first kappa shape index (κ1) is 21.8. The molecule has 0 aliphatic carbocycles. The topological polar surface area (TPSA) is 35.5 Å². The maximum absolute atomic E-state index is 13.2. The van der Waals surface area contributed by atoms with E-state index in [-0.39, 0.29) is 30.6 Å². The Morgan fingerprint density at radius 2 is 1.68 bits per heavy atom. The second kappa shape index (κ2) is 8.94. The van der Waals surface area contributed by atoms with Gasteiger partial charge in [0.1, 0.15) is 5.75 Å². The molecule has 2 aromatic rings. The van der Waals surface area contributed by atoms with Crippen molar-refractivity contribution in [3.8, 4) is 5.75 Å². The van der Waals surface area contributed by atoms with Crippen molar-refractivity contribution in [2.45, 2.75) is 18.6 Å². The van der Waals surface area contributed by atoms with Crippen molar-refractivity contribution >= 4 is 35.6 Å². The van der Waals surface area contributed by atoms with Gasteiger partial charge in [-0.05, 0) is 16.8 Å². The molecule has 0 aromatic heterocycles. The molecule has 0 unspecified atom stereocenters. The molecule has 25 heavy (non-hydrogen) atoms. The number of aromatic hydroxyl groups is 1. The van der Waals surface area contributed by atoms with Crippen LogP contribution in [0.15, 0.2) is 36.4 Å². The average Bonchev–Trinajstić information content (AvgIpc) is 2.53. The number of alkyl halides is 3. The van der Waals surface area contributed by atoms with Crippen molar-refractivity contribution in [2.24, 2.45) is 0 Å². The molecule has 2 N–H and O–H groups in total.